The number of hydrogen-bond donors (Lipinski definition) is 1. The zero-order chi connectivity index (χ0) is 19.6. The van der Waals surface area contributed by atoms with E-state index in [1.807, 2.05) is 25.1 Å². The highest BCUT2D eigenvalue weighted by Crippen LogP contribution is 2.32. The van der Waals surface area contributed by atoms with E-state index in [0.717, 1.165) is 16.9 Å². The van der Waals surface area contributed by atoms with E-state index in [1.165, 1.54) is 0 Å². The summed E-state index contributed by atoms with van der Waals surface area (Å²) < 4.78 is 11.0. The van der Waals surface area contributed by atoms with Crippen LogP contribution in [0, 0.1) is 6.92 Å². The van der Waals surface area contributed by atoms with Gasteiger partial charge in [0.05, 0.1) is 29.9 Å². The fourth-order valence-corrected chi connectivity index (χ4v) is 3.78. The average Bonchev–Trinajstić information content (AvgIpc) is 2.97. The largest absolute Gasteiger partial charge is 0.544 e. The van der Waals surface area contributed by atoms with Crippen molar-refractivity contribution in [2.24, 2.45) is 0 Å². The maximum absolute atomic E-state index is 12.3. The Morgan fingerprint density at radius 1 is 1.37 bits per heavy atom. The quantitative estimate of drug-likeness (QED) is 0.698. The van der Waals surface area contributed by atoms with Crippen LogP contribution in [0.5, 0.6) is 11.5 Å². The van der Waals surface area contributed by atoms with Crippen molar-refractivity contribution in [2.45, 2.75) is 13.8 Å². The zero-order valence-corrected chi connectivity index (χ0v) is 15.8. The number of hydrogen-bond acceptors (Lipinski definition) is 7. The molecular weight excluding hydrogens is 368 g/mol. The second-order valence-corrected chi connectivity index (χ2v) is 6.62. The summed E-state index contributed by atoms with van der Waals surface area (Å²) in [5.41, 5.74) is 0.727. The van der Waals surface area contributed by atoms with Crippen molar-refractivity contribution in [3.05, 3.63) is 50.4 Å². The number of thiophene rings is 1. The van der Waals surface area contributed by atoms with Crippen LogP contribution in [-0.4, -0.2) is 29.7 Å². The zero-order valence-electron chi connectivity index (χ0n) is 15.0. The van der Waals surface area contributed by atoms with Gasteiger partial charge in [-0.1, -0.05) is 12.1 Å². The number of H-pyrrole nitrogens is 1. The summed E-state index contributed by atoms with van der Waals surface area (Å²) in [6, 6.07) is 5.49. The number of rotatable bonds is 6. The number of carboxylic acid groups (broad SMARTS) is 1. The molecule has 0 atom stereocenters. The van der Waals surface area contributed by atoms with Crippen LogP contribution < -0.4 is 20.1 Å². The van der Waals surface area contributed by atoms with Crippen molar-refractivity contribution >= 4 is 39.7 Å². The summed E-state index contributed by atoms with van der Waals surface area (Å²) in [7, 11) is 1.55. The minimum absolute atomic E-state index is 0.00946. The number of carbonyl (C=O) groups excluding carboxylic acids is 1. The van der Waals surface area contributed by atoms with E-state index in [0.29, 0.717) is 34.3 Å². The van der Waals surface area contributed by atoms with Gasteiger partial charge < -0.3 is 24.4 Å². The molecule has 0 saturated heterocycles. The number of para-hydroxylation sites is 1. The Morgan fingerprint density at radius 2 is 2.15 bits per heavy atom. The van der Waals surface area contributed by atoms with Gasteiger partial charge in [-0.3, -0.25) is 4.79 Å². The molecule has 2 aromatic heterocycles. The summed E-state index contributed by atoms with van der Waals surface area (Å²) in [6.07, 6.45) is 3.37. The number of ether oxygens (including phenoxy) is 2. The van der Waals surface area contributed by atoms with Crippen LogP contribution in [0.15, 0.2) is 23.0 Å². The van der Waals surface area contributed by atoms with Gasteiger partial charge >= 0.3 is 0 Å². The monoisotopic (exact) mass is 385 g/mol. The molecular formula is C19H17N2O5S-. The first kappa shape index (κ1) is 18.7. The fourth-order valence-electron chi connectivity index (χ4n) is 2.75. The van der Waals surface area contributed by atoms with Crippen LogP contribution in [0.25, 0.3) is 22.4 Å². The lowest BCUT2D eigenvalue weighted by molar-refractivity contribution is -0.254. The summed E-state index contributed by atoms with van der Waals surface area (Å²) in [5.74, 6) is 0.184. The Kier molecular flexibility index (Phi) is 5.27. The number of nitrogens with zero attached hydrogens (tertiary/aromatic N) is 1. The molecule has 0 radical (unpaired) electrons. The Morgan fingerprint density at radius 3 is 2.81 bits per heavy atom. The van der Waals surface area contributed by atoms with E-state index >= 15 is 0 Å². The molecule has 3 aromatic rings. The lowest BCUT2D eigenvalue weighted by atomic mass is 10.1. The molecule has 0 fully saturated rings. The standard InChI is InChI=1S/C19H18N2O5S/c1-4-26-12-7-5-6-11(15(12)25-3)8-9-13-20-17(22)14-10(2)16(19(23)24)27-18(14)21-13/h5-9H,4H2,1-3H3,(H,23,24)(H,20,21,22)/p-1/b9-8+. The highest BCUT2D eigenvalue weighted by molar-refractivity contribution is 7.20. The number of fused-ring (bicyclic) bond motifs is 1. The first-order valence-electron chi connectivity index (χ1n) is 8.18. The van der Waals surface area contributed by atoms with Gasteiger partial charge in [-0.25, -0.2) is 4.98 Å². The SMILES string of the molecule is CCOc1cccc(/C=C/c2nc3sc(C(=O)[O-])c(C)c3c(=O)[nH]2)c1OC. The molecule has 0 bridgehead atoms. The van der Waals surface area contributed by atoms with Gasteiger partial charge in [-0.2, -0.15) is 0 Å². The fraction of sp³-hybridized carbons (Fsp3) is 0.211. The van der Waals surface area contributed by atoms with Gasteiger partial charge in [-0.05, 0) is 37.6 Å². The van der Waals surface area contributed by atoms with Gasteiger partial charge in [0.1, 0.15) is 10.7 Å². The van der Waals surface area contributed by atoms with Crippen molar-refractivity contribution in [3.63, 3.8) is 0 Å². The number of nitrogens with one attached hydrogen (secondary N) is 1. The number of benzene rings is 1. The van der Waals surface area contributed by atoms with E-state index in [2.05, 4.69) is 9.97 Å². The molecule has 2 heterocycles. The lowest BCUT2D eigenvalue weighted by Gasteiger charge is -2.11. The highest BCUT2D eigenvalue weighted by atomic mass is 32.1. The Labute approximate surface area is 158 Å². The number of carbonyl (C=O) groups is 1. The summed E-state index contributed by atoms with van der Waals surface area (Å²) in [4.78, 5) is 30.9. The number of aryl methyl sites for hydroxylation is 1. The molecule has 0 aliphatic heterocycles. The number of aromatic amines is 1. The van der Waals surface area contributed by atoms with Crippen molar-refractivity contribution in [1.29, 1.82) is 0 Å². The summed E-state index contributed by atoms with van der Waals surface area (Å²) in [6.45, 7) is 3.96. The van der Waals surface area contributed by atoms with Crippen LogP contribution in [0.2, 0.25) is 0 Å². The third kappa shape index (κ3) is 3.56. The van der Waals surface area contributed by atoms with Crippen LogP contribution in [0.4, 0.5) is 0 Å². The third-order valence-corrected chi connectivity index (χ3v) is 5.10. The van der Waals surface area contributed by atoms with Crippen molar-refractivity contribution < 1.29 is 19.4 Å². The normalized spacial score (nSPS) is 11.2. The minimum Gasteiger partial charge on any atom is -0.544 e. The molecule has 0 amide bonds. The number of carboxylic acids is 1. The van der Waals surface area contributed by atoms with Crippen molar-refractivity contribution in [3.8, 4) is 11.5 Å². The van der Waals surface area contributed by atoms with Crippen molar-refractivity contribution in [2.75, 3.05) is 13.7 Å². The van der Waals surface area contributed by atoms with E-state index in [9.17, 15) is 14.7 Å². The number of aromatic carboxylic acids is 1. The predicted octanol–water partition coefficient (Wildman–Crippen LogP) is 2.23. The first-order valence-corrected chi connectivity index (χ1v) is 9.00. The topological polar surface area (TPSA) is 104 Å². The maximum atomic E-state index is 12.3. The van der Waals surface area contributed by atoms with Crippen LogP contribution in [-0.2, 0) is 0 Å². The molecule has 27 heavy (non-hydrogen) atoms. The Hall–Kier alpha value is -3.13. The van der Waals surface area contributed by atoms with Gasteiger partial charge in [0.25, 0.3) is 5.56 Å². The molecule has 1 N–H and O–H groups in total. The number of aromatic nitrogens is 2. The van der Waals surface area contributed by atoms with Gasteiger partial charge in [0.15, 0.2) is 11.5 Å². The van der Waals surface area contributed by atoms with Crippen LogP contribution in [0.3, 0.4) is 0 Å². The van der Waals surface area contributed by atoms with Crippen molar-refractivity contribution in [1.82, 2.24) is 9.97 Å². The Balaban J connectivity index is 2.04. The second kappa shape index (κ2) is 7.63. The Bertz CT molecular complexity index is 1100. The van der Waals surface area contributed by atoms with Gasteiger partial charge in [0, 0.05) is 5.56 Å². The molecule has 0 spiro atoms. The molecule has 3 rings (SSSR count). The molecule has 0 unspecified atom stereocenters. The molecule has 0 saturated carbocycles. The highest BCUT2D eigenvalue weighted by Gasteiger charge is 2.14. The average molecular weight is 385 g/mol. The summed E-state index contributed by atoms with van der Waals surface area (Å²) in [5, 5.41) is 11.4. The van der Waals surface area contributed by atoms with Crippen LogP contribution in [0.1, 0.15) is 33.5 Å². The molecule has 8 heteroatoms. The minimum atomic E-state index is -1.32. The van der Waals surface area contributed by atoms with E-state index in [1.54, 1.807) is 26.2 Å². The first-order chi connectivity index (χ1) is 13.0. The molecule has 0 aliphatic rings. The smallest absolute Gasteiger partial charge is 0.260 e. The third-order valence-electron chi connectivity index (χ3n) is 3.94. The van der Waals surface area contributed by atoms with E-state index in [-0.39, 0.29) is 10.3 Å². The van der Waals surface area contributed by atoms with Gasteiger partial charge in [0.2, 0.25) is 0 Å². The second-order valence-electron chi connectivity index (χ2n) is 5.62. The molecule has 1 aromatic carbocycles. The predicted molar refractivity (Wildman–Crippen MR) is 102 cm³/mol. The van der Waals surface area contributed by atoms with E-state index in [4.69, 9.17) is 9.47 Å². The number of methoxy groups -OCH3 is 1. The molecule has 7 nitrogen and oxygen atoms in total. The maximum Gasteiger partial charge on any atom is 0.260 e. The van der Waals surface area contributed by atoms with E-state index < -0.39 is 11.5 Å². The van der Waals surface area contributed by atoms with Gasteiger partial charge in [-0.15, -0.1) is 11.3 Å². The molecule has 140 valence electrons. The lowest BCUT2D eigenvalue weighted by Crippen LogP contribution is -2.21. The van der Waals surface area contributed by atoms with Crippen LogP contribution >= 0.6 is 11.3 Å². The summed E-state index contributed by atoms with van der Waals surface area (Å²) >= 11 is 0.927. The molecule has 0 aliphatic carbocycles.